The number of likely N-dealkylation sites (tertiary alicyclic amines) is 1. The van der Waals surface area contributed by atoms with E-state index in [-0.39, 0.29) is 11.8 Å². The number of carbonyl (C=O) groups excluding carboxylic acids is 1. The van der Waals surface area contributed by atoms with Gasteiger partial charge in [-0.05, 0) is 43.2 Å². The highest BCUT2D eigenvalue weighted by Crippen LogP contribution is 2.29. The standard InChI is InChI=1S/C21H21N5O2/c1-28-18-8-4-7-16-15(18)12-17(22-16)21(27)25-10-5-6-14(13-25)20-24-23-19-9-2-3-11-26(19)20/h2-4,7-9,11-12,14,22H,5-6,10,13H2,1H3/t14-/m1/s1. The molecule has 4 heterocycles. The average molecular weight is 375 g/mol. The molecule has 1 fully saturated rings. The Balaban J connectivity index is 1.42. The van der Waals surface area contributed by atoms with E-state index >= 15 is 0 Å². The molecule has 1 aromatic carbocycles. The average Bonchev–Trinajstić information content (AvgIpc) is 3.37. The number of methoxy groups -OCH3 is 1. The fourth-order valence-electron chi connectivity index (χ4n) is 4.10. The van der Waals surface area contributed by atoms with Crippen molar-refractivity contribution < 1.29 is 9.53 Å². The molecule has 28 heavy (non-hydrogen) atoms. The van der Waals surface area contributed by atoms with E-state index in [1.165, 1.54) is 0 Å². The van der Waals surface area contributed by atoms with Crippen LogP contribution in [0.5, 0.6) is 5.75 Å². The Bertz CT molecular complexity index is 1160. The number of ether oxygens (including phenoxy) is 1. The molecule has 4 aromatic rings. The molecule has 1 amide bonds. The van der Waals surface area contributed by atoms with E-state index in [0.717, 1.165) is 47.5 Å². The van der Waals surface area contributed by atoms with Gasteiger partial charge in [-0.2, -0.15) is 0 Å². The van der Waals surface area contributed by atoms with E-state index in [1.807, 2.05) is 58.0 Å². The number of nitrogens with one attached hydrogen (secondary N) is 1. The summed E-state index contributed by atoms with van der Waals surface area (Å²) in [7, 11) is 1.64. The topological polar surface area (TPSA) is 75.5 Å². The second kappa shape index (κ2) is 6.67. The van der Waals surface area contributed by atoms with Crippen LogP contribution in [0, 0.1) is 0 Å². The van der Waals surface area contributed by atoms with Gasteiger partial charge in [0.25, 0.3) is 5.91 Å². The highest BCUT2D eigenvalue weighted by molar-refractivity contribution is 5.99. The molecule has 0 radical (unpaired) electrons. The van der Waals surface area contributed by atoms with Crippen molar-refractivity contribution in [2.75, 3.05) is 20.2 Å². The van der Waals surface area contributed by atoms with Crippen molar-refractivity contribution in [3.63, 3.8) is 0 Å². The van der Waals surface area contributed by atoms with Gasteiger partial charge in [0.05, 0.1) is 7.11 Å². The van der Waals surface area contributed by atoms with Crippen LogP contribution >= 0.6 is 0 Å². The summed E-state index contributed by atoms with van der Waals surface area (Å²) in [5, 5.41) is 9.57. The minimum atomic E-state index is 0.0109. The Labute approximate surface area is 161 Å². The van der Waals surface area contributed by atoms with Crippen LogP contribution in [0.3, 0.4) is 0 Å². The van der Waals surface area contributed by atoms with Crippen LogP contribution in [0.25, 0.3) is 16.6 Å². The lowest BCUT2D eigenvalue weighted by molar-refractivity contribution is 0.0699. The molecular weight excluding hydrogens is 354 g/mol. The molecule has 0 unspecified atom stereocenters. The van der Waals surface area contributed by atoms with Crippen LogP contribution in [-0.2, 0) is 0 Å². The fourth-order valence-corrected chi connectivity index (χ4v) is 4.10. The van der Waals surface area contributed by atoms with E-state index in [9.17, 15) is 4.79 Å². The first kappa shape index (κ1) is 16.8. The highest BCUT2D eigenvalue weighted by Gasteiger charge is 2.29. The molecule has 5 rings (SSSR count). The number of benzene rings is 1. The molecule has 7 nitrogen and oxygen atoms in total. The number of hydrogen-bond acceptors (Lipinski definition) is 4. The van der Waals surface area contributed by atoms with Crippen molar-refractivity contribution in [1.82, 2.24) is 24.5 Å². The summed E-state index contributed by atoms with van der Waals surface area (Å²) in [5.74, 6) is 1.87. The molecule has 1 N–H and O–H groups in total. The van der Waals surface area contributed by atoms with E-state index in [1.54, 1.807) is 7.11 Å². The number of H-pyrrole nitrogens is 1. The zero-order valence-electron chi connectivity index (χ0n) is 15.6. The van der Waals surface area contributed by atoms with Gasteiger partial charge in [0.1, 0.15) is 17.3 Å². The lowest BCUT2D eigenvalue weighted by Gasteiger charge is -2.31. The van der Waals surface area contributed by atoms with Crippen molar-refractivity contribution in [3.05, 3.63) is 60.2 Å². The number of amides is 1. The van der Waals surface area contributed by atoms with E-state index in [0.29, 0.717) is 12.2 Å². The maximum absolute atomic E-state index is 13.2. The third kappa shape index (κ3) is 2.70. The molecule has 1 aliphatic heterocycles. The van der Waals surface area contributed by atoms with Gasteiger partial charge in [0.2, 0.25) is 0 Å². The Morgan fingerprint density at radius 1 is 1.21 bits per heavy atom. The predicted octanol–water partition coefficient (Wildman–Crippen LogP) is 3.24. The Hall–Kier alpha value is -3.35. The lowest BCUT2D eigenvalue weighted by Crippen LogP contribution is -2.39. The van der Waals surface area contributed by atoms with Gasteiger partial charge in [-0.1, -0.05) is 12.1 Å². The van der Waals surface area contributed by atoms with Crippen LogP contribution in [0.1, 0.15) is 35.1 Å². The van der Waals surface area contributed by atoms with Crippen molar-refractivity contribution >= 4 is 22.5 Å². The molecule has 0 bridgehead atoms. The van der Waals surface area contributed by atoms with E-state index in [4.69, 9.17) is 4.74 Å². The number of rotatable bonds is 3. The third-order valence-electron chi connectivity index (χ3n) is 5.49. The zero-order chi connectivity index (χ0) is 19.1. The monoisotopic (exact) mass is 375 g/mol. The highest BCUT2D eigenvalue weighted by atomic mass is 16.5. The van der Waals surface area contributed by atoms with E-state index < -0.39 is 0 Å². The maximum Gasteiger partial charge on any atom is 0.270 e. The molecule has 3 aromatic heterocycles. The number of aromatic nitrogens is 4. The van der Waals surface area contributed by atoms with Gasteiger partial charge >= 0.3 is 0 Å². The summed E-state index contributed by atoms with van der Waals surface area (Å²) < 4.78 is 7.43. The van der Waals surface area contributed by atoms with Gasteiger partial charge in [-0.15, -0.1) is 10.2 Å². The van der Waals surface area contributed by atoms with Gasteiger partial charge in [-0.3, -0.25) is 9.20 Å². The summed E-state index contributed by atoms with van der Waals surface area (Å²) in [6, 6.07) is 13.5. The second-order valence-electron chi connectivity index (χ2n) is 7.18. The predicted molar refractivity (Wildman–Crippen MR) is 106 cm³/mol. The number of hydrogen-bond donors (Lipinski definition) is 1. The Morgan fingerprint density at radius 2 is 2.14 bits per heavy atom. The minimum absolute atomic E-state index is 0.0109. The van der Waals surface area contributed by atoms with Crippen LogP contribution < -0.4 is 4.74 Å². The Kier molecular flexibility index (Phi) is 4.00. The molecule has 7 heteroatoms. The van der Waals surface area contributed by atoms with Crippen molar-refractivity contribution in [1.29, 1.82) is 0 Å². The number of pyridine rings is 1. The quantitative estimate of drug-likeness (QED) is 0.596. The SMILES string of the molecule is COc1cccc2[nH]c(C(=O)N3CCC[C@@H](c4nnc5ccccn45)C3)cc12. The minimum Gasteiger partial charge on any atom is -0.496 e. The summed E-state index contributed by atoms with van der Waals surface area (Å²) in [4.78, 5) is 18.3. The van der Waals surface area contributed by atoms with Crippen molar-refractivity contribution in [2.24, 2.45) is 0 Å². The van der Waals surface area contributed by atoms with Crippen LogP contribution in [0.4, 0.5) is 0 Å². The number of aromatic amines is 1. The Morgan fingerprint density at radius 3 is 3.04 bits per heavy atom. The smallest absolute Gasteiger partial charge is 0.270 e. The summed E-state index contributed by atoms with van der Waals surface area (Å²) in [5.41, 5.74) is 2.33. The summed E-state index contributed by atoms with van der Waals surface area (Å²) in [6.45, 7) is 1.39. The van der Waals surface area contributed by atoms with Crippen molar-refractivity contribution in [2.45, 2.75) is 18.8 Å². The molecule has 0 saturated carbocycles. The fraction of sp³-hybridized carbons (Fsp3) is 0.286. The number of carbonyl (C=O) groups is 1. The number of nitrogens with zero attached hydrogens (tertiary/aromatic N) is 4. The number of fused-ring (bicyclic) bond motifs is 2. The first-order chi connectivity index (χ1) is 13.7. The molecule has 1 aliphatic rings. The van der Waals surface area contributed by atoms with E-state index in [2.05, 4.69) is 15.2 Å². The molecule has 1 saturated heterocycles. The molecule has 142 valence electrons. The van der Waals surface area contributed by atoms with Crippen LogP contribution in [0.2, 0.25) is 0 Å². The largest absolute Gasteiger partial charge is 0.496 e. The van der Waals surface area contributed by atoms with Gasteiger partial charge < -0.3 is 14.6 Å². The summed E-state index contributed by atoms with van der Waals surface area (Å²) in [6.07, 6.45) is 3.93. The molecule has 0 spiro atoms. The van der Waals surface area contributed by atoms with Gasteiger partial charge in [-0.25, -0.2) is 0 Å². The van der Waals surface area contributed by atoms with Gasteiger partial charge in [0.15, 0.2) is 5.65 Å². The first-order valence-electron chi connectivity index (χ1n) is 9.49. The third-order valence-corrected chi connectivity index (χ3v) is 5.49. The summed E-state index contributed by atoms with van der Waals surface area (Å²) >= 11 is 0. The second-order valence-corrected chi connectivity index (χ2v) is 7.18. The lowest BCUT2D eigenvalue weighted by atomic mass is 9.97. The van der Waals surface area contributed by atoms with Gasteiger partial charge in [0, 0.05) is 36.1 Å². The molecule has 1 atom stereocenters. The number of piperidine rings is 1. The zero-order valence-corrected chi connectivity index (χ0v) is 15.6. The molecular formula is C21H21N5O2. The normalized spacial score (nSPS) is 17.3. The maximum atomic E-state index is 13.2. The first-order valence-corrected chi connectivity index (χ1v) is 9.49. The van der Waals surface area contributed by atoms with Crippen LogP contribution in [-0.4, -0.2) is 50.6 Å². The molecule has 0 aliphatic carbocycles. The van der Waals surface area contributed by atoms with Crippen LogP contribution in [0.15, 0.2) is 48.7 Å². The van der Waals surface area contributed by atoms with Crippen molar-refractivity contribution in [3.8, 4) is 5.75 Å².